The van der Waals surface area contributed by atoms with Crippen LogP contribution in [0.2, 0.25) is 0 Å². The van der Waals surface area contributed by atoms with Crippen LogP contribution in [0, 0.1) is 6.92 Å². The van der Waals surface area contributed by atoms with E-state index in [0.717, 1.165) is 0 Å². The van der Waals surface area contributed by atoms with Crippen molar-refractivity contribution in [2.45, 2.75) is 16.7 Å². The van der Waals surface area contributed by atoms with Crippen LogP contribution < -0.4 is 9.25 Å². The van der Waals surface area contributed by atoms with Gasteiger partial charge in [0.1, 0.15) is 0 Å². The Morgan fingerprint density at radius 2 is 1.18 bits per heavy atom. The molecule has 1 heterocycles. The maximum atomic E-state index is 3.67. The molecule has 0 radical (unpaired) electrons. The number of nitrogens with zero attached hydrogens (tertiary/aromatic N) is 1. The van der Waals surface area contributed by atoms with Gasteiger partial charge in [-0.2, -0.15) is 4.83 Å². The zero-order valence-corrected chi connectivity index (χ0v) is 13.3. The highest BCUT2D eigenvalue weighted by Crippen LogP contribution is 2.72. The van der Waals surface area contributed by atoms with Crippen LogP contribution >= 0.6 is 10.4 Å². The van der Waals surface area contributed by atoms with Crippen molar-refractivity contribution >= 4 is 16.1 Å². The highest BCUT2D eigenvalue weighted by atomic mass is 32.3. The lowest BCUT2D eigenvalue weighted by Crippen LogP contribution is -1.97. The minimum absolute atomic E-state index is 1.22. The Balaban J connectivity index is 1.81. The van der Waals surface area contributed by atoms with Gasteiger partial charge < -0.3 is 0 Å². The van der Waals surface area contributed by atoms with Gasteiger partial charge in [0.2, 0.25) is 0 Å². The van der Waals surface area contributed by atoms with Gasteiger partial charge in [-0.25, -0.2) is 4.41 Å². The molecule has 0 amide bonds. The molecular weight excluding hydrogens is 288 g/mol. The molecule has 22 heavy (non-hydrogen) atoms. The standard InChI is InChI=1S/C19H18N2S/c1-16-12-14-17(15-13-16)21-20-22(21,18-8-4-2-5-9-18)19-10-6-3-7-11-19/h2-15,20H,1H3. The van der Waals surface area contributed by atoms with E-state index in [0.29, 0.717) is 0 Å². The molecule has 110 valence electrons. The molecule has 0 unspecified atom stereocenters. The van der Waals surface area contributed by atoms with E-state index in [1.165, 1.54) is 21.0 Å². The Labute approximate surface area is 133 Å². The molecular formula is C19H18N2S. The summed E-state index contributed by atoms with van der Waals surface area (Å²) in [4.78, 5) is 6.34. The topological polar surface area (TPSA) is 25.0 Å². The maximum Gasteiger partial charge on any atom is 0.0660 e. The zero-order chi connectivity index (χ0) is 15.0. The third-order valence-electron chi connectivity index (χ3n) is 3.89. The Morgan fingerprint density at radius 1 is 0.682 bits per heavy atom. The van der Waals surface area contributed by atoms with Crippen LogP contribution in [-0.4, -0.2) is 0 Å². The monoisotopic (exact) mass is 306 g/mol. The molecule has 1 aliphatic rings. The highest BCUT2D eigenvalue weighted by molar-refractivity contribution is 8.38. The van der Waals surface area contributed by atoms with Crippen molar-refractivity contribution in [2.75, 3.05) is 4.41 Å². The Hall–Kier alpha value is -2.23. The molecule has 1 N–H and O–H groups in total. The van der Waals surface area contributed by atoms with Crippen LogP contribution in [-0.2, 0) is 0 Å². The molecule has 0 spiro atoms. The van der Waals surface area contributed by atoms with Crippen LogP contribution in [0.4, 0.5) is 5.69 Å². The lowest BCUT2D eigenvalue weighted by atomic mass is 10.2. The SMILES string of the molecule is Cc1ccc(N2NS2(c2ccccc2)c2ccccc2)cc1. The van der Waals surface area contributed by atoms with Crippen LogP contribution in [0.25, 0.3) is 0 Å². The molecule has 3 heteroatoms. The van der Waals surface area contributed by atoms with Gasteiger partial charge in [0.25, 0.3) is 0 Å². The fraction of sp³-hybridized carbons (Fsp3) is 0.0526. The quantitative estimate of drug-likeness (QED) is 0.683. The maximum absolute atomic E-state index is 3.67. The van der Waals surface area contributed by atoms with Crippen LogP contribution in [0.3, 0.4) is 0 Å². The third-order valence-corrected chi connectivity index (χ3v) is 6.93. The number of rotatable bonds is 3. The lowest BCUT2D eigenvalue weighted by Gasteiger charge is -2.20. The van der Waals surface area contributed by atoms with Crippen molar-refractivity contribution in [3.8, 4) is 0 Å². The van der Waals surface area contributed by atoms with Gasteiger partial charge in [-0.05, 0) is 53.7 Å². The molecule has 3 aromatic carbocycles. The highest BCUT2D eigenvalue weighted by Gasteiger charge is 2.50. The van der Waals surface area contributed by atoms with Crippen molar-refractivity contribution in [1.82, 2.24) is 4.83 Å². The number of benzene rings is 3. The van der Waals surface area contributed by atoms with E-state index < -0.39 is 10.4 Å². The van der Waals surface area contributed by atoms with E-state index >= 15 is 0 Å². The number of nitrogens with one attached hydrogen (secondary N) is 1. The van der Waals surface area contributed by atoms with Gasteiger partial charge in [0, 0.05) is 9.79 Å². The summed E-state index contributed by atoms with van der Waals surface area (Å²) in [7, 11) is -1.31. The summed E-state index contributed by atoms with van der Waals surface area (Å²) in [6, 6.07) is 30.1. The molecule has 1 saturated heterocycles. The van der Waals surface area contributed by atoms with Crippen LogP contribution in [0.1, 0.15) is 5.56 Å². The van der Waals surface area contributed by atoms with Crippen molar-refractivity contribution in [3.63, 3.8) is 0 Å². The van der Waals surface area contributed by atoms with Gasteiger partial charge in [0.15, 0.2) is 0 Å². The van der Waals surface area contributed by atoms with Crippen molar-refractivity contribution in [3.05, 3.63) is 90.5 Å². The summed E-state index contributed by atoms with van der Waals surface area (Å²) < 4.78 is 2.32. The molecule has 3 aromatic rings. The van der Waals surface area contributed by atoms with E-state index in [1.54, 1.807) is 0 Å². The van der Waals surface area contributed by atoms with E-state index in [1.807, 2.05) is 0 Å². The van der Waals surface area contributed by atoms with Gasteiger partial charge in [-0.1, -0.05) is 54.1 Å². The van der Waals surface area contributed by atoms with E-state index in [-0.39, 0.29) is 0 Å². The molecule has 2 nitrogen and oxygen atoms in total. The predicted molar refractivity (Wildman–Crippen MR) is 93.8 cm³/mol. The van der Waals surface area contributed by atoms with Gasteiger partial charge in [0.05, 0.1) is 5.69 Å². The largest absolute Gasteiger partial charge is 0.237 e. The summed E-state index contributed by atoms with van der Waals surface area (Å²) in [5.74, 6) is 0. The first-order valence-electron chi connectivity index (χ1n) is 7.38. The first kappa shape index (κ1) is 13.4. The average Bonchev–Trinajstić information content (AvgIpc) is 3.34. The first-order valence-corrected chi connectivity index (χ1v) is 8.97. The molecule has 0 aliphatic carbocycles. The van der Waals surface area contributed by atoms with Crippen molar-refractivity contribution < 1.29 is 0 Å². The molecule has 0 atom stereocenters. The van der Waals surface area contributed by atoms with Crippen LogP contribution in [0.15, 0.2) is 94.7 Å². The lowest BCUT2D eigenvalue weighted by molar-refractivity contribution is 1.24. The zero-order valence-electron chi connectivity index (χ0n) is 12.4. The Morgan fingerprint density at radius 3 is 1.68 bits per heavy atom. The molecule has 0 saturated carbocycles. The minimum Gasteiger partial charge on any atom is -0.237 e. The Bertz CT molecular complexity index is 730. The summed E-state index contributed by atoms with van der Waals surface area (Å²) in [5.41, 5.74) is 2.50. The van der Waals surface area contributed by atoms with Gasteiger partial charge >= 0.3 is 0 Å². The summed E-state index contributed by atoms with van der Waals surface area (Å²) >= 11 is 0. The van der Waals surface area contributed by atoms with E-state index in [2.05, 4.69) is 101 Å². The number of hydrogen-bond donors (Lipinski definition) is 1. The summed E-state index contributed by atoms with van der Waals surface area (Å²) in [6.07, 6.45) is 0. The van der Waals surface area contributed by atoms with E-state index in [9.17, 15) is 0 Å². The molecule has 1 fully saturated rings. The number of hydrazine groups is 1. The molecule has 0 aromatic heterocycles. The number of aryl methyl sites for hydroxylation is 1. The predicted octanol–water partition coefficient (Wildman–Crippen LogP) is 5.07. The number of anilines is 1. The second-order valence-corrected chi connectivity index (χ2v) is 8.08. The van der Waals surface area contributed by atoms with Crippen molar-refractivity contribution in [1.29, 1.82) is 0 Å². The van der Waals surface area contributed by atoms with Gasteiger partial charge in [-0.15, -0.1) is 0 Å². The summed E-state index contributed by atoms with van der Waals surface area (Å²) in [6.45, 7) is 2.12. The fourth-order valence-electron chi connectivity index (χ4n) is 2.68. The third kappa shape index (κ3) is 2.10. The van der Waals surface area contributed by atoms with Crippen molar-refractivity contribution in [2.24, 2.45) is 0 Å². The average molecular weight is 306 g/mol. The summed E-state index contributed by atoms with van der Waals surface area (Å²) in [5, 5.41) is 0. The normalized spacial score (nSPS) is 17.0. The minimum atomic E-state index is -1.31. The molecule has 1 aliphatic heterocycles. The fourth-order valence-corrected chi connectivity index (χ4v) is 5.66. The molecule has 0 bridgehead atoms. The van der Waals surface area contributed by atoms with Gasteiger partial charge in [-0.3, -0.25) is 0 Å². The molecule has 4 rings (SSSR count). The van der Waals surface area contributed by atoms with Crippen LogP contribution in [0.5, 0.6) is 0 Å². The second-order valence-electron chi connectivity index (χ2n) is 5.43. The smallest absolute Gasteiger partial charge is 0.0660 e. The Kier molecular flexibility index (Phi) is 3.17. The first-order chi connectivity index (χ1) is 10.8. The number of hydrogen-bond acceptors (Lipinski definition) is 2. The second kappa shape index (κ2) is 5.20. The van der Waals surface area contributed by atoms with E-state index in [4.69, 9.17) is 0 Å².